The van der Waals surface area contributed by atoms with Crippen LogP contribution in [0.5, 0.6) is 23.0 Å². The van der Waals surface area contributed by atoms with Crippen LogP contribution in [0.15, 0.2) is 72.8 Å². The van der Waals surface area contributed by atoms with Crippen LogP contribution in [0.3, 0.4) is 0 Å². The molecule has 4 aromatic rings. The molecule has 0 saturated heterocycles. The molecule has 4 aromatic carbocycles. The zero-order valence-corrected chi connectivity index (χ0v) is 44.0. The average molecular weight is 1050 g/mol. The van der Waals surface area contributed by atoms with Crippen molar-refractivity contribution in [1.82, 2.24) is 52.3 Å². The van der Waals surface area contributed by atoms with E-state index in [1.165, 1.54) is 52.7 Å². The molecule has 4 bridgehead atoms. The van der Waals surface area contributed by atoms with Gasteiger partial charge in [0.25, 0.3) is 47.3 Å². The number of para-hydroxylation sites is 4. The van der Waals surface area contributed by atoms with Gasteiger partial charge in [-0.2, -0.15) is 0 Å². The molecule has 0 fully saturated rings. The molecule has 1 aliphatic heterocycles. The largest absolute Gasteiger partial charge is 0.495 e. The van der Waals surface area contributed by atoms with Gasteiger partial charge in [0, 0.05) is 91.6 Å². The summed E-state index contributed by atoms with van der Waals surface area (Å²) in [5.74, 6) is -3.46. The van der Waals surface area contributed by atoms with E-state index in [1.807, 2.05) is 23.6 Å². The minimum absolute atomic E-state index is 0.0124. The number of ether oxygens (including phenoxy) is 4. The topological polar surface area (TPSA) is 276 Å². The van der Waals surface area contributed by atoms with E-state index in [0.717, 1.165) is 12.8 Å². The second-order valence-corrected chi connectivity index (χ2v) is 17.3. The van der Waals surface area contributed by atoms with Crippen molar-refractivity contribution < 1.29 is 57.3 Å². The normalized spacial score (nSPS) is 14.3. The minimum atomic E-state index is -0.548. The molecule has 8 N–H and O–H groups in total. The predicted molar refractivity (Wildman–Crippen MR) is 284 cm³/mol. The number of nitrogens with zero attached hydrogens (tertiary/aromatic N) is 2. The Bertz CT molecular complexity index is 2510. The van der Waals surface area contributed by atoms with Gasteiger partial charge in [0.2, 0.25) is 0 Å². The Kier molecular flexibility index (Phi) is 23.3. The predicted octanol–water partition coefficient (Wildman–Crippen LogP) is 2.10. The summed E-state index contributed by atoms with van der Waals surface area (Å²) in [6.45, 7) is 7.14. The van der Waals surface area contributed by atoms with Crippen molar-refractivity contribution >= 4 is 47.3 Å². The maximum absolute atomic E-state index is 13.8. The van der Waals surface area contributed by atoms with Crippen LogP contribution in [-0.4, -0.2) is 177 Å². The first-order valence-corrected chi connectivity index (χ1v) is 25.2. The fourth-order valence-corrected chi connectivity index (χ4v) is 8.31. The van der Waals surface area contributed by atoms with Gasteiger partial charge in [-0.15, -0.1) is 0 Å². The molecule has 0 saturated carbocycles. The van der Waals surface area contributed by atoms with E-state index in [0.29, 0.717) is 26.2 Å². The highest BCUT2D eigenvalue weighted by Gasteiger charge is 2.25. The highest BCUT2D eigenvalue weighted by atomic mass is 16.5. The Labute approximate surface area is 442 Å². The smallest absolute Gasteiger partial charge is 0.255 e. The molecule has 76 heavy (non-hydrogen) atoms. The number of benzene rings is 4. The number of nitrogens with one attached hydrogen (secondary N) is 8. The highest BCUT2D eigenvalue weighted by Crippen LogP contribution is 2.27. The Morgan fingerprint density at radius 2 is 0.684 bits per heavy atom. The molecular weight excluding hydrogens is 981 g/mol. The van der Waals surface area contributed by atoms with E-state index in [2.05, 4.69) is 42.5 Å². The van der Waals surface area contributed by atoms with Crippen molar-refractivity contribution in [2.75, 3.05) is 120 Å². The highest BCUT2D eigenvalue weighted by molar-refractivity contribution is 6.07. The summed E-state index contributed by atoms with van der Waals surface area (Å²) in [4.78, 5) is 112. The third kappa shape index (κ3) is 15.9. The first-order chi connectivity index (χ1) is 36.8. The number of hydrogen-bond acceptors (Lipinski definition) is 14. The maximum atomic E-state index is 13.8. The second kappa shape index (κ2) is 30.2. The lowest BCUT2D eigenvalue weighted by Crippen LogP contribution is -2.46. The monoisotopic (exact) mass is 1050 g/mol. The van der Waals surface area contributed by atoms with Gasteiger partial charge in [0.1, 0.15) is 23.0 Å². The summed E-state index contributed by atoms with van der Waals surface area (Å²) in [5.41, 5.74) is 1.18. The number of rotatable bonds is 18. The molecular formula is C54H70N10O12. The number of carbonyl (C=O) groups excluding carboxylic acids is 8. The molecule has 22 nitrogen and oxygen atoms in total. The summed E-state index contributed by atoms with van der Waals surface area (Å²) in [6, 6.07) is 18.7. The van der Waals surface area contributed by atoms with Gasteiger partial charge in [0.05, 0.1) is 72.9 Å². The van der Waals surface area contributed by atoms with Crippen LogP contribution in [0.1, 0.15) is 110 Å². The fourth-order valence-electron chi connectivity index (χ4n) is 8.31. The van der Waals surface area contributed by atoms with E-state index in [4.69, 9.17) is 18.9 Å². The number of carbonyl (C=O) groups is 8. The van der Waals surface area contributed by atoms with Crippen molar-refractivity contribution in [3.05, 3.63) is 117 Å². The van der Waals surface area contributed by atoms with Gasteiger partial charge in [-0.05, 0) is 61.4 Å². The van der Waals surface area contributed by atoms with Crippen LogP contribution < -0.4 is 61.5 Å². The molecule has 0 radical (unpaired) electrons. The van der Waals surface area contributed by atoms with Gasteiger partial charge < -0.3 is 61.5 Å². The first kappa shape index (κ1) is 58.6. The van der Waals surface area contributed by atoms with Crippen molar-refractivity contribution in [1.29, 1.82) is 0 Å². The molecule has 0 aliphatic carbocycles. The Hall–Kier alpha value is -8.24. The van der Waals surface area contributed by atoms with Crippen LogP contribution >= 0.6 is 0 Å². The standard InChI is InChI=1S/C54H70N10O12/c1-7-21-55-47(65)35-13-9-17-39(43(35)73-3)51(69)59-25-29-63-31-27-61-53(71)41-19-11-15-37(45(41)75-5)49(67)57-23-24-58-50(68)38-16-12-20-42(46(38)76-6)54(72)62-28-32-64(34-33-63)30-26-60-52(70)40-18-10-14-36(44(40)74-4)48(66)56-22-8-2/h9-20H,7-8,21-34H2,1-6H3,(H,55,65)(H,56,66)(H,57,67)(H,58,68)(H,59,69)(H,60,70)(H,61,71)(H,62,72). The molecule has 8 amide bonds. The third-order valence-corrected chi connectivity index (χ3v) is 12.2. The number of methoxy groups -OCH3 is 4. The van der Waals surface area contributed by atoms with Gasteiger partial charge >= 0.3 is 0 Å². The zero-order valence-electron chi connectivity index (χ0n) is 44.0. The van der Waals surface area contributed by atoms with E-state index in [9.17, 15) is 38.4 Å². The van der Waals surface area contributed by atoms with E-state index in [-0.39, 0.29) is 145 Å². The molecule has 408 valence electrons. The van der Waals surface area contributed by atoms with Gasteiger partial charge in [-0.25, -0.2) is 0 Å². The Morgan fingerprint density at radius 3 is 0.974 bits per heavy atom. The van der Waals surface area contributed by atoms with E-state index < -0.39 is 35.4 Å². The number of fused-ring (bicyclic) bond motifs is 4. The molecule has 0 atom stereocenters. The Balaban J connectivity index is 1.42. The van der Waals surface area contributed by atoms with E-state index in [1.54, 1.807) is 48.5 Å². The van der Waals surface area contributed by atoms with Crippen molar-refractivity contribution in [3.63, 3.8) is 0 Å². The maximum Gasteiger partial charge on any atom is 0.255 e. The van der Waals surface area contributed by atoms with Crippen molar-refractivity contribution in [2.24, 2.45) is 0 Å². The Morgan fingerprint density at radius 1 is 0.408 bits per heavy atom. The summed E-state index contributed by atoms with van der Waals surface area (Å²) in [5, 5.41) is 22.8. The van der Waals surface area contributed by atoms with Crippen LogP contribution in [-0.2, 0) is 0 Å². The van der Waals surface area contributed by atoms with Crippen molar-refractivity contribution in [3.8, 4) is 23.0 Å². The molecule has 22 heteroatoms. The van der Waals surface area contributed by atoms with Gasteiger partial charge in [-0.3, -0.25) is 48.2 Å². The summed E-state index contributed by atoms with van der Waals surface area (Å²) in [7, 11) is 5.48. The number of hydrogen-bond donors (Lipinski definition) is 8. The lowest BCUT2D eigenvalue weighted by atomic mass is 10.1. The third-order valence-electron chi connectivity index (χ3n) is 12.2. The molecule has 1 heterocycles. The van der Waals surface area contributed by atoms with Crippen LogP contribution in [0.2, 0.25) is 0 Å². The summed E-state index contributed by atoms with van der Waals surface area (Å²) < 4.78 is 22.3. The van der Waals surface area contributed by atoms with Crippen LogP contribution in [0.4, 0.5) is 0 Å². The summed E-state index contributed by atoms with van der Waals surface area (Å²) >= 11 is 0. The lowest BCUT2D eigenvalue weighted by Gasteiger charge is -2.28. The quantitative estimate of drug-likeness (QED) is 0.0710. The van der Waals surface area contributed by atoms with E-state index >= 15 is 0 Å². The minimum Gasteiger partial charge on any atom is -0.495 e. The molecule has 1 aliphatic rings. The lowest BCUT2D eigenvalue weighted by molar-refractivity contribution is 0.0912. The van der Waals surface area contributed by atoms with Crippen LogP contribution in [0, 0.1) is 0 Å². The molecule has 0 spiro atoms. The average Bonchev–Trinajstić information content (AvgIpc) is 3.44. The molecule has 0 aromatic heterocycles. The van der Waals surface area contributed by atoms with Crippen LogP contribution in [0.25, 0.3) is 0 Å². The zero-order chi connectivity index (χ0) is 55.0. The first-order valence-electron chi connectivity index (χ1n) is 25.2. The molecule has 0 unspecified atom stereocenters. The number of amides is 8. The van der Waals surface area contributed by atoms with Crippen molar-refractivity contribution in [2.45, 2.75) is 26.7 Å². The fraction of sp³-hybridized carbons (Fsp3) is 0.407. The second-order valence-electron chi connectivity index (χ2n) is 17.3. The molecule has 5 rings (SSSR count). The SMILES string of the molecule is CCCNC(=O)c1cccc(C(=O)NCCN2CCNC(=O)c3cccc(c3OC)C(=O)NCCNC(=O)c3cccc(c3OC)C(=O)NCCN(CCNC(=O)c3cccc(C(=O)NCCC)c3OC)CC2)c1OC. The summed E-state index contributed by atoms with van der Waals surface area (Å²) in [6.07, 6.45) is 1.44. The van der Waals surface area contributed by atoms with Gasteiger partial charge in [0.15, 0.2) is 0 Å². The van der Waals surface area contributed by atoms with Gasteiger partial charge in [-0.1, -0.05) is 38.1 Å².